The van der Waals surface area contributed by atoms with Gasteiger partial charge >= 0.3 is 0 Å². The second-order valence-electron chi connectivity index (χ2n) is 6.35. The third kappa shape index (κ3) is 5.01. The molecule has 0 saturated heterocycles. The SMILES string of the molecule is O=[N+]([O-])c1cccc(OC[C@@H](O)CN[C@H](c2ccccc2)C2CC2)c1. The molecule has 0 unspecified atom stereocenters. The number of aliphatic hydroxyl groups is 1. The molecule has 6 heteroatoms. The van der Waals surface area contributed by atoms with E-state index in [4.69, 9.17) is 4.74 Å². The van der Waals surface area contributed by atoms with Gasteiger partial charge in [0.2, 0.25) is 0 Å². The monoisotopic (exact) mass is 342 g/mol. The minimum absolute atomic E-state index is 0.0250. The Kier molecular flexibility index (Phi) is 5.63. The van der Waals surface area contributed by atoms with Crippen LogP contribution in [0.25, 0.3) is 0 Å². The molecule has 1 aliphatic rings. The molecule has 25 heavy (non-hydrogen) atoms. The fourth-order valence-electron chi connectivity index (χ4n) is 2.85. The Balaban J connectivity index is 1.50. The number of benzene rings is 2. The zero-order valence-corrected chi connectivity index (χ0v) is 13.9. The van der Waals surface area contributed by atoms with E-state index in [9.17, 15) is 15.2 Å². The molecule has 0 amide bonds. The van der Waals surface area contributed by atoms with E-state index in [1.807, 2.05) is 18.2 Å². The lowest BCUT2D eigenvalue weighted by molar-refractivity contribution is -0.384. The van der Waals surface area contributed by atoms with Crippen LogP contribution in [0, 0.1) is 16.0 Å². The van der Waals surface area contributed by atoms with Gasteiger partial charge in [-0.05, 0) is 30.4 Å². The largest absolute Gasteiger partial charge is 0.491 e. The Labute approximate surface area is 146 Å². The lowest BCUT2D eigenvalue weighted by atomic mass is 10.0. The van der Waals surface area contributed by atoms with Gasteiger partial charge in [-0.3, -0.25) is 10.1 Å². The smallest absolute Gasteiger partial charge is 0.273 e. The summed E-state index contributed by atoms with van der Waals surface area (Å²) in [6, 6.07) is 16.5. The van der Waals surface area contributed by atoms with E-state index in [-0.39, 0.29) is 18.3 Å². The molecule has 1 saturated carbocycles. The van der Waals surface area contributed by atoms with Crippen molar-refractivity contribution in [1.29, 1.82) is 0 Å². The Bertz CT molecular complexity index is 704. The van der Waals surface area contributed by atoms with Gasteiger partial charge in [-0.15, -0.1) is 0 Å². The van der Waals surface area contributed by atoms with Crippen molar-refractivity contribution in [3.05, 3.63) is 70.3 Å². The summed E-state index contributed by atoms with van der Waals surface area (Å²) in [6.45, 7) is 0.491. The van der Waals surface area contributed by atoms with Crippen molar-refractivity contribution in [1.82, 2.24) is 5.32 Å². The second-order valence-corrected chi connectivity index (χ2v) is 6.35. The number of nitrogens with zero attached hydrogens (tertiary/aromatic N) is 1. The van der Waals surface area contributed by atoms with Crippen LogP contribution in [-0.4, -0.2) is 29.3 Å². The highest BCUT2D eigenvalue weighted by Gasteiger charge is 2.32. The maximum absolute atomic E-state index is 10.8. The van der Waals surface area contributed by atoms with E-state index >= 15 is 0 Å². The molecule has 0 heterocycles. The predicted molar refractivity (Wildman–Crippen MR) is 94.5 cm³/mol. The van der Waals surface area contributed by atoms with Crippen LogP contribution in [0.15, 0.2) is 54.6 Å². The highest BCUT2D eigenvalue weighted by molar-refractivity contribution is 5.37. The average molecular weight is 342 g/mol. The number of nitro groups is 1. The molecule has 6 nitrogen and oxygen atoms in total. The molecule has 2 atom stereocenters. The summed E-state index contributed by atoms with van der Waals surface area (Å²) in [5.74, 6) is 1.00. The minimum atomic E-state index is -0.691. The zero-order valence-electron chi connectivity index (χ0n) is 13.9. The van der Waals surface area contributed by atoms with E-state index < -0.39 is 11.0 Å². The van der Waals surface area contributed by atoms with Gasteiger partial charge < -0.3 is 15.2 Å². The number of nitrogens with one attached hydrogen (secondary N) is 1. The molecule has 132 valence electrons. The van der Waals surface area contributed by atoms with Gasteiger partial charge in [-0.1, -0.05) is 36.4 Å². The minimum Gasteiger partial charge on any atom is -0.491 e. The van der Waals surface area contributed by atoms with Crippen LogP contribution < -0.4 is 10.1 Å². The number of rotatable bonds is 9. The van der Waals surface area contributed by atoms with Crippen molar-refractivity contribution < 1.29 is 14.8 Å². The molecule has 3 rings (SSSR count). The van der Waals surface area contributed by atoms with Crippen molar-refractivity contribution in [2.75, 3.05) is 13.2 Å². The molecule has 2 aromatic rings. The summed E-state index contributed by atoms with van der Waals surface area (Å²) >= 11 is 0. The van der Waals surface area contributed by atoms with Gasteiger partial charge in [0.1, 0.15) is 18.5 Å². The lowest BCUT2D eigenvalue weighted by Crippen LogP contribution is -2.34. The Morgan fingerprint density at radius 2 is 1.96 bits per heavy atom. The van der Waals surface area contributed by atoms with Gasteiger partial charge in [0, 0.05) is 18.7 Å². The van der Waals surface area contributed by atoms with Gasteiger partial charge in [0.05, 0.1) is 11.0 Å². The molecule has 1 fully saturated rings. The van der Waals surface area contributed by atoms with Gasteiger partial charge in [-0.25, -0.2) is 0 Å². The van der Waals surface area contributed by atoms with Crippen LogP contribution in [0.1, 0.15) is 24.4 Å². The number of ether oxygens (including phenoxy) is 1. The van der Waals surface area contributed by atoms with Crippen LogP contribution in [0.4, 0.5) is 5.69 Å². The van der Waals surface area contributed by atoms with Crippen LogP contribution >= 0.6 is 0 Å². The summed E-state index contributed by atoms with van der Waals surface area (Å²) in [4.78, 5) is 10.3. The molecule has 2 aromatic carbocycles. The van der Waals surface area contributed by atoms with Crippen LogP contribution in [-0.2, 0) is 0 Å². The van der Waals surface area contributed by atoms with E-state index in [2.05, 4.69) is 17.4 Å². The first-order chi connectivity index (χ1) is 12.1. The first kappa shape index (κ1) is 17.4. The van der Waals surface area contributed by atoms with Crippen LogP contribution in [0.5, 0.6) is 5.75 Å². The van der Waals surface area contributed by atoms with Gasteiger partial charge in [0.25, 0.3) is 5.69 Å². The maximum Gasteiger partial charge on any atom is 0.273 e. The zero-order chi connectivity index (χ0) is 17.6. The molecule has 0 radical (unpaired) electrons. The molecule has 1 aliphatic carbocycles. The van der Waals surface area contributed by atoms with E-state index in [1.54, 1.807) is 12.1 Å². The average Bonchev–Trinajstić information content (AvgIpc) is 3.46. The second kappa shape index (κ2) is 8.09. The van der Waals surface area contributed by atoms with Gasteiger partial charge in [-0.2, -0.15) is 0 Å². The van der Waals surface area contributed by atoms with Crippen molar-refractivity contribution in [2.45, 2.75) is 25.0 Å². The number of hydrogen-bond donors (Lipinski definition) is 2. The fraction of sp³-hybridized carbons (Fsp3) is 0.368. The molecule has 0 bridgehead atoms. The number of non-ortho nitro benzene ring substituents is 1. The van der Waals surface area contributed by atoms with E-state index in [1.165, 1.54) is 30.5 Å². The van der Waals surface area contributed by atoms with Crippen molar-refractivity contribution >= 4 is 5.69 Å². The first-order valence-electron chi connectivity index (χ1n) is 8.47. The summed E-state index contributed by atoms with van der Waals surface area (Å²) in [7, 11) is 0. The molecule has 0 aromatic heterocycles. The number of aliphatic hydroxyl groups excluding tert-OH is 1. The van der Waals surface area contributed by atoms with Crippen molar-refractivity contribution in [2.24, 2.45) is 5.92 Å². The summed E-state index contributed by atoms with van der Waals surface area (Å²) < 4.78 is 5.48. The molecular weight excluding hydrogens is 320 g/mol. The normalized spacial score (nSPS) is 16.2. The third-order valence-electron chi connectivity index (χ3n) is 4.30. The van der Waals surface area contributed by atoms with Crippen molar-refractivity contribution in [3.8, 4) is 5.75 Å². The predicted octanol–water partition coefficient (Wildman–Crippen LogP) is 3.08. The van der Waals surface area contributed by atoms with E-state index in [0.29, 0.717) is 18.2 Å². The Hall–Kier alpha value is -2.44. The quantitative estimate of drug-likeness (QED) is 0.540. The third-order valence-corrected chi connectivity index (χ3v) is 4.30. The van der Waals surface area contributed by atoms with Crippen LogP contribution in [0.2, 0.25) is 0 Å². The maximum atomic E-state index is 10.8. The number of nitro benzene ring substituents is 1. The van der Waals surface area contributed by atoms with Crippen LogP contribution in [0.3, 0.4) is 0 Å². The molecular formula is C19H22N2O4. The highest BCUT2D eigenvalue weighted by atomic mass is 16.6. The highest BCUT2D eigenvalue weighted by Crippen LogP contribution is 2.40. The standard InChI is InChI=1S/C19H22N2O4/c22-17(13-25-18-8-4-7-16(11-18)21(23)24)12-20-19(15-9-10-15)14-5-2-1-3-6-14/h1-8,11,15,17,19-20,22H,9-10,12-13H2/t17-,19+/m0/s1. The Morgan fingerprint density at radius 3 is 2.64 bits per heavy atom. The van der Waals surface area contributed by atoms with Gasteiger partial charge in [0.15, 0.2) is 0 Å². The Morgan fingerprint density at radius 1 is 1.20 bits per heavy atom. The summed E-state index contributed by atoms with van der Waals surface area (Å²) in [6.07, 6.45) is 1.71. The molecule has 0 spiro atoms. The van der Waals surface area contributed by atoms with Crippen molar-refractivity contribution in [3.63, 3.8) is 0 Å². The number of hydrogen-bond acceptors (Lipinski definition) is 5. The molecule has 0 aliphatic heterocycles. The first-order valence-corrected chi connectivity index (χ1v) is 8.47. The topological polar surface area (TPSA) is 84.6 Å². The van der Waals surface area contributed by atoms with E-state index in [0.717, 1.165) is 0 Å². The lowest BCUT2D eigenvalue weighted by Gasteiger charge is -2.21. The molecule has 2 N–H and O–H groups in total. The summed E-state index contributed by atoms with van der Waals surface area (Å²) in [5, 5.41) is 24.4. The fourth-order valence-corrected chi connectivity index (χ4v) is 2.85. The summed E-state index contributed by atoms with van der Waals surface area (Å²) in [5.41, 5.74) is 1.21.